The normalized spacial score (nSPS) is 18.9. The third-order valence-corrected chi connectivity index (χ3v) is 3.42. The molecule has 0 aliphatic heterocycles. The Balaban J connectivity index is 2.29. The highest BCUT2D eigenvalue weighted by molar-refractivity contribution is 5.82. The number of aliphatic carboxylic acids is 1. The van der Waals surface area contributed by atoms with Gasteiger partial charge >= 0.3 is 12.0 Å². The van der Waals surface area contributed by atoms with Crippen molar-refractivity contribution in [3.63, 3.8) is 0 Å². The molecule has 1 atom stereocenters. The zero-order chi connectivity index (χ0) is 12.9. The van der Waals surface area contributed by atoms with E-state index < -0.39 is 12.0 Å². The van der Waals surface area contributed by atoms with Gasteiger partial charge in [0, 0.05) is 6.54 Å². The van der Waals surface area contributed by atoms with Crippen LogP contribution in [-0.4, -0.2) is 29.7 Å². The molecule has 1 rings (SSSR count). The average Bonchev–Trinajstić information content (AvgIpc) is 2.23. The van der Waals surface area contributed by atoms with Crippen molar-refractivity contribution in [1.82, 2.24) is 10.6 Å². The van der Waals surface area contributed by atoms with Crippen LogP contribution in [0.15, 0.2) is 0 Å². The SMILES string of the molecule is CCC[C@H](NC(=O)NCC1(C)CCC1)C(=O)O. The van der Waals surface area contributed by atoms with Crippen LogP contribution in [0.3, 0.4) is 0 Å². The third kappa shape index (κ3) is 4.24. The summed E-state index contributed by atoms with van der Waals surface area (Å²) >= 11 is 0. The molecule has 0 saturated heterocycles. The largest absolute Gasteiger partial charge is 0.480 e. The smallest absolute Gasteiger partial charge is 0.326 e. The lowest BCUT2D eigenvalue weighted by Gasteiger charge is -2.38. The summed E-state index contributed by atoms with van der Waals surface area (Å²) in [6.07, 6.45) is 4.66. The fourth-order valence-electron chi connectivity index (χ4n) is 2.01. The molecule has 1 aliphatic carbocycles. The predicted octanol–water partition coefficient (Wildman–Crippen LogP) is 1.73. The molecular formula is C12H22N2O3. The summed E-state index contributed by atoms with van der Waals surface area (Å²) in [5, 5.41) is 14.1. The average molecular weight is 242 g/mol. The first-order valence-corrected chi connectivity index (χ1v) is 6.24. The molecule has 0 spiro atoms. The van der Waals surface area contributed by atoms with E-state index in [4.69, 9.17) is 5.11 Å². The van der Waals surface area contributed by atoms with Crippen molar-refractivity contribution in [1.29, 1.82) is 0 Å². The van der Waals surface area contributed by atoms with Crippen molar-refractivity contribution in [2.75, 3.05) is 6.54 Å². The van der Waals surface area contributed by atoms with E-state index in [1.807, 2.05) is 6.92 Å². The van der Waals surface area contributed by atoms with E-state index in [1.165, 1.54) is 6.42 Å². The van der Waals surface area contributed by atoms with Crippen LogP contribution in [0.25, 0.3) is 0 Å². The number of carboxylic acid groups (broad SMARTS) is 1. The van der Waals surface area contributed by atoms with Crippen LogP contribution in [-0.2, 0) is 4.79 Å². The molecule has 0 aromatic carbocycles. The first kappa shape index (κ1) is 13.8. The minimum absolute atomic E-state index is 0.209. The first-order valence-electron chi connectivity index (χ1n) is 6.24. The number of carbonyl (C=O) groups is 2. The zero-order valence-corrected chi connectivity index (χ0v) is 10.6. The number of hydrogen-bond acceptors (Lipinski definition) is 2. The maximum Gasteiger partial charge on any atom is 0.326 e. The molecule has 1 saturated carbocycles. The van der Waals surface area contributed by atoms with Gasteiger partial charge in [0.15, 0.2) is 0 Å². The van der Waals surface area contributed by atoms with Crippen molar-refractivity contribution >= 4 is 12.0 Å². The molecule has 5 nitrogen and oxygen atoms in total. The van der Waals surface area contributed by atoms with Crippen LogP contribution in [0.2, 0.25) is 0 Å². The molecule has 5 heteroatoms. The number of nitrogens with one attached hydrogen (secondary N) is 2. The van der Waals surface area contributed by atoms with Crippen LogP contribution >= 0.6 is 0 Å². The van der Waals surface area contributed by atoms with E-state index >= 15 is 0 Å². The van der Waals surface area contributed by atoms with Gasteiger partial charge in [0.1, 0.15) is 6.04 Å². The summed E-state index contributed by atoms with van der Waals surface area (Å²) in [5.74, 6) is -0.975. The van der Waals surface area contributed by atoms with Gasteiger partial charge in [-0.2, -0.15) is 0 Å². The Labute approximate surface area is 102 Å². The third-order valence-electron chi connectivity index (χ3n) is 3.42. The highest BCUT2D eigenvalue weighted by Crippen LogP contribution is 2.39. The molecule has 0 unspecified atom stereocenters. The number of carboxylic acids is 1. The number of carbonyl (C=O) groups excluding carboxylic acids is 1. The second-order valence-electron chi connectivity index (χ2n) is 5.17. The van der Waals surface area contributed by atoms with Gasteiger partial charge in [-0.3, -0.25) is 0 Å². The van der Waals surface area contributed by atoms with Gasteiger partial charge in [0.2, 0.25) is 0 Å². The number of urea groups is 1. The fourth-order valence-corrected chi connectivity index (χ4v) is 2.01. The van der Waals surface area contributed by atoms with Gasteiger partial charge in [-0.1, -0.05) is 26.7 Å². The predicted molar refractivity (Wildman–Crippen MR) is 64.8 cm³/mol. The molecule has 3 N–H and O–H groups in total. The van der Waals surface area contributed by atoms with Gasteiger partial charge in [-0.05, 0) is 24.7 Å². The zero-order valence-electron chi connectivity index (χ0n) is 10.6. The Morgan fingerprint density at radius 2 is 2.06 bits per heavy atom. The lowest BCUT2D eigenvalue weighted by atomic mass is 9.70. The monoisotopic (exact) mass is 242 g/mol. The second kappa shape index (κ2) is 5.89. The summed E-state index contributed by atoms with van der Waals surface area (Å²) in [6, 6.07) is -1.16. The first-order chi connectivity index (χ1) is 7.97. The second-order valence-corrected chi connectivity index (χ2v) is 5.17. The molecule has 17 heavy (non-hydrogen) atoms. The Morgan fingerprint density at radius 3 is 2.47 bits per heavy atom. The van der Waals surface area contributed by atoms with E-state index in [1.54, 1.807) is 0 Å². The van der Waals surface area contributed by atoms with E-state index in [2.05, 4.69) is 17.6 Å². The highest BCUT2D eigenvalue weighted by atomic mass is 16.4. The van der Waals surface area contributed by atoms with E-state index in [-0.39, 0.29) is 11.4 Å². The maximum absolute atomic E-state index is 11.5. The minimum Gasteiger partial charge on any atom is -0.480 e. The molecule has 1 fully saturated rings. The van der Waals surface area contributed by atoms with Gasteiger partial charge in [0.05, 0.1) is 0 Å². The Morgan fingerprint density at radius 1 is 1.41 bits per heavy atom. The lowest BCUT2D eigenvalue weighted by Crippen LogP contribution is -2.49. The molecule has 0 heterocycles. The molecule has 98 valence electrons. The van der Waals surface area contributed by atoms with Crippen LogP contribution in [0.4, 0.5) is 4.79 Å². The van der Waals surface area contributed by atoms with Crippen LogP contribution < -0.4 is 10.6 Å². The van der Waals surface area contributed by atoms with Crippen molar-refractivity contribution in [2.24, 2.45) is 5.41 Å². The minimum atomic E-state index is -0.975. The summed E-state index contributed by atoms with van der Waals surface area (Å²) in [6.45, 7) is 4.65. The van der Waals surface area contributed by atoms with Gasteiger partial charge in [-0.25, -0.2) is 9.59 Å². The Hall–Kier alpha value is -1.26. The van der Waals surface area contributed by atoms with Crippen molar-refractivity contribution in [3.8, 4) is 0 Å². The van der Waals surface area contributed by atoms with E-state index in [0.29, 0.717) is 13.0 Å². The fraction of sp³-hybridized carbons (Fsp3) is 0.833. The molecule has 2 amide bonds. The summed E-state index contributed by atoms with van der Waals surface area (Å²) in [4.78, 5) is 22.4. The Kier molecular flexibility index (Phi) is 4.78. The number of rotatable bonds is 6. The summed E-state index contributed by atoms with van der Waals surface area (Å²) in [5.41, 5.74) is 0.209. The van der Waals surface area contributed by atoms with Crippen LogP contribution in [0.5, 0.6) is 0 Å². The standard InChI is InChI=1S/C12H22N2O3/c1-3-5-9(10(15)16)14-11(17)13-8-12(2)6-4-7-12/h9H,3-8H2,1-2H3,(H,15,16)(H2,13,14,17)/t9-/m0/s1. The quantitative estimate of drug-likeness (QED) is 0.663. The summed E-state index contributed by atoms with van der Waals surface area (Å²) < 4.78 is 0. The van der Waals surface area contributed by atoms with E-state index in [9.17, 15) is 9.59 Å². The molecular weight excluding hydrogens is 220 g/mol. The van der Waals surface area contributed by atoms with E-state index in [0.717, 1.165) is 19.3 Å². The molecule has 0 radical (unpaired) electrons. The molecule has 0 aromatic rings. The maximum atomic E-state index is 11.5. The number of hydrogen-bond donors (Lipinski definition) is 3. The van der Waals surface area contributed by atoms with Gasteiger partial charge in [0.25, 0.3) is 0 Å². The summed E-state index contributed by atoms with van der Waals surface area (Å²) in [7, 11) is 0. The molecule has 0 aromatic heterocycles. The van der Waals surface area contributed by atoms with Crippen LogP contribution in [0, 0.1) is 5.41 Å². The topological polar surface area (TPSA) is 78.4 Å². The number of amides is 2. The van der Waals surface area contributed by atoms with Gasteiger partial charge in [-0.15, -0.1) is 0 Å². The van der Waals surface area contributed by atoms with Crippen LogP contribution in [0.1, 0.15) is 46.0 Å². The highest BCUT2D eigenvalue weighted by Gasteiger charge is 2.32. The van der Waals surface area contributed by atoms with Crippen molar-refractivity contribution in [3.05, 3.63) is 0 Å². The molecule has 1 aliphatic rings. The lowest BCUT2D eigenvalue weighted by molar-refractivity contribution is -0.139. The Bertz CT molecular complexity index is 287. The van der Waals surface area contributed by atoms with Crippen molar-refractivity contribution in [2.45, 2.75) is 52.0 Å². The van der Waals surface area contributed by atoms with Crippen molar-refractivity contribution < 1.29 is 14.7 Å². The molecule has 0 bridgehead atoms. The van der Waals surface area contributed by atoms with Gasteiger partial charge < -0.3 is 15.7 Å².